The predicted molar refractivity (Wildman–Crippen MR) is 86.0 cm³/mol. The summed E-state index contributed by atoms with van der Waals surface area (Å²) >= 11 is 9.29. The first-order chi connectivity index (χ1) is 11.3. The number of carboxylic acid groups (broad SMARTS) is 1. The number of nitrogens with one attached hydrogen (secondary N) is 1. The number of carbonyl (C=O) groups is 1. The number of aliphatic hydroxyl groups excluding tert-OH is 3. The van der Waals surface area contributed by atoms with Crippen molar-refractivity contribution >= 4 is 44.4 Å². The van der Waals surface area contributed by atoms with E-state index < -0.39 is 36.7 Å². The number of hydrogen-bond acceptors (Lipinski definition) is 6. The van der Waals surface area contributed by atoms with Crippen LogP contribution in [0.4, 0.5) is 0 Å². The number of aromatic amines is 1. The number of aliphatic carboxylic acids is 1. The second-order valence-electron chi connectivity index (χ2n) is 5.32. The van der Waals surface area contributed by atoms with Crippen LogP contribution < -0.4 is 4.74 Å². The highest BCUT2D eigenvalue weighted by molar-refractivity contribution is 9.10. The van der Waals surface area contributed by atoms with Gasteiger partial charge in [0, 0.05) is 16.1 Å². The lowest BCUT2D eigenvalue weighted by molar-refractivity contribution is -0.270. The van der Waals surface area contributed by atoms with Gasteiger partial charge in [-0.05, 0) is 28.1 Å². The molecule has 2 heterocycles. The van der Waals surface area contributed by atoms with Crippen molar-refractivity contribution in [1.29, 1.82) is 0 Å². The Balaban J connectivity index is 1.90. The second-order valence-corrected chi connectivity index (χ2v) is 6.58. The number of halogens is 2. The lowest BCUT2D eigenvalue weighted by Crippen LogP contribution is -2.61. The highest BCUT2D eigenvalue weighted by Crippen LogP contribution is 2.34. The Hall–Kier alpha value is -1.36. The van der Waals surface area contributed by atoms with Gasteiger partial charge in [0.05, 0.1) is 10.5 Å². The van der Waals surface area contributed by atoms with Gasteiger partial charge in [-0.1, -0.05) is 11.6 Å². The number of ether oxygens (including phenoxy) is 2. The number of carboxylic acids is 1. The average molecular weight is 423 g/mol. The number of hydrogen-bond donors (Lipinski definition) is 5. The van der Waals surface area contributed by atoms with Crippen molar-refractivity contribution in [3.63, 3.8) is 0 Å². The summed E-state index contributed by atoms with van der Waals surface area (Å²) in [5.74, 6) is -1.21. The zero-order valence-corrected chi connectivity index (χ0v) is 14.2. The quantitative estimate of drug-likeness (QED) is 0.495. The molecule has 0 radical (unpaired) electrons. The molecule has 10 heteroatoms. The SMILES string of the molecule is O=C(O)C1O[C@@H](Oc2c[nH]c3cc(Cl)c(Br)cc23)[C@@H](O)C(O)[C@@H]1O. The van der Waals surface area contributed by atoms with Crippen molar-refractivity contribution in [2.75, 3.05) is 0 Å². The van der Waals surface area contributed by atoms with Crippen molar-refractivity contribution in [2.45, 2.75) is 30.7 Å². The Morgan fingerprint density at radius 1 is 1.25 bits per heavy atom. The summed E-state index contributed by atoms with van der Waals surface area (Å²) in [4.78, 5) is 14.0. The molecule has 1 fully saturated rings. The predicted octanol–water partition coefficient (Wildman–Crippen LogP) is 0.855. The van der Waals surface area contributed by atoms with Crippen LogP contribution in [0, 0.1) is 0 Å². The van der Waals surface area contributed by atoms with Crippen LogP contribution in [0.1, 0.15) is 0 Å². The first-order valence-electron chi connectivity index (χ1n) is 6.85. The van der Waals surface area contributed by atoms with E-state index in [1.165, 1.54) is 6.20 Å². The maximum absolute atomic E-state index is 11.1. The van der Waals surface area contributed by atoms with Crippen molar-refractivity contribution in [1.82, 2.24) is 4.98 Å². The zero-order chi connectivity index (χ0) is 17.6. The highest BCUT2D eigenvalue weighted by atomic mass is 79.9. The number of benzene rings is 1. The van der Waals surface area contributed by atoms with Gasteiger partial charge in [-0.3, -0.25) is 0 Å². The van der Waals surface area contributed by atoms with E-state index in [4.69, 9.17) is 26.2 Å². The van der Waals surface area contributed by atoms with E-state index in [2.05, 4.69) is 20.9 Å². The van der Waals surface area contributed by atoms with Crippen molar-refractivity contribution in [2.24, 2.45) is 0 Å². The summed E-state index contributed by atoms with van der Waals surface area (Å²) < 4.78 is 11.2. The Morgan fingerprint density at radius 3 is 2.62 bits per heavy atom. The molecular weight excluding hydrogens is 410 g/mol. The van der Waals surface area contributed by atoms with Crippen molar-refractivity contribution < 1.29 is 34.7 Å². The van der Waals surface area contributed by atoms with Crippen LogP contribution in [0.2, 0.25) is 5.02 Å². The monoisotopic (exact) mass is 421 g/mol. The van der Waals surface area contributed by atoms with E-state index >= 15 is 0 Å². The molecule has 0 bridgehead atoms. The highest BCUT2D eigenvalue weighted by Gasteiger charge is 2.48. The molecule has 2 aromatic rings. The number of rotatable bonds is 3. The average Bonchev–Trinajstić information content (AvgIpc) is 2.90. The smallest absolute Gasteiger partial charge is 0.335 e. The minimum absolute atomic E-state index is 0.263. The minimum atomic E-state index is -1.77. The summed E-state index contributed by atoms with van der Waals surface area (Å²) in [6, 6.07) is 3.34. The van der Waals surface area contributed by atoms with E-state index in [-0.39, 0.29) is 5.75 Å². The van der Waals surface area contributed by atoms with Crippen LogP contribution in [0.3, 0.4) is 0 Å². The van der Waals surface area contributed by atoms with E-state index in [1.54, 1.807) is 12.1 Å². The lowest BCUT2D eigenvalue weighted by Gasteiger charge is -2.38. The van der Waals surface area contributed by atoms with Gasteiger partial charge < -0.3 is 34.9 Å². The zero-order valence-electron chi connectivity index (χ0n) is 11.9. The lowest BCUT2D eigenvalue weighted by atomic mass is 9.99. The number of H-pyrrole nitrogens is 1. The third-order valence-corrected chi connectivity index (χ3v) is 4.94. The van der Waals surface area contributed by atoms with Crippen molar-refractivity contribution in [3.05, 3.63) is 27.8 Å². The van der Waals surface area contributed by atoms with Crippen LogP contribution in [0.5, 0.6) is 5.75 Å². The number of aromatic nitrogens is 1. The molecular formula is C14H13BrClNO7. The summed E-state index contributed by atoms with van der Waals surface area (Å²) in [5.41, 5.74) is 0.652. The second kappa shape index (κ2) is 6.51. The molecule has 3 rings (SSSR count). The van der Waals surface area contributed by atoms with Crippen LogP contribution in [0.15, 0.2) is 22.8 Å². The molecule has 1 aromatic heterocycles. The molecule has 130 valence electrons. The van der Waals surface area contributed by atoms with Crippen LogP contribution in [-0.4, -0.2) is 62.1 Å². The number of fused-ring (bicyclic) bond motifs is 1. The van der Waals surface area contributed by atoms with Gasteiger partial charge in [0.25, 0.3) is 0 Å². The van der Waals surface area contributed by atoms with E-state index in [9.17, 15) is 20.1 Å². The summed E-state index contributed by atoms with van der Waals surface area (Å²) in [6.07, 6.45) is -6.84. The minimum Gasteiger partial charge on any atom is -0.479 e. The molecule has 1 saturated heterocycles. The van der Waals surface area contributed by atoms with Gasteiger partial charge in [0.2, 0.25) is 6.29 Å². The molecule has 0 spiro atoms. The molecule has 5 atom stereocenters. The molecule has 1 aromatic carbocycles. The number of aliphatic hydroxyl groups is 3. The van der Waals surface area contributed by atoms with E-state index in [1.807, 2.05) is 0 Å². The third-order valence-electron chi connectivity index (χ3n) is 3.74. The topological polar surface area (TPSA) is 132 Å². The Labute approximate surface area is 148 Å². The van der Waals surface area contributed by atoms with Crippen LogP contribution in [-0.2, 0) is 9.53 Å². The fraction of sp³-hybridized carbons (Fsp3) is 0.357. The molecule has 1 aliphatic rings. The maximum atomic E-state index is 11.1. The summed E-state index contributed by atoms with van der Waals surface area (Å²) in [5, 5.41) is 39.6. The van der Waals surface area contributed by atoms with E-state index in [0.29, 0.717) is 20.4 Å². The molecule has 2 unspecified atom stereocenters. The molecule has 24 heavy (non-hydrogen) atoms. The molecule has 1 aliphatic heterocycles. The van der Waals surface area contributed by atoms with Gasteiger partial charge in [-0.25, -0.2) is 4.79 Å². The van der Waals surface area contributed by atoms with Gasteiger partial charge in [0.15, 0.2) is 6.10 Å². The first kappa shape index (κ1) is 17.5. The third kappa shape index (κ3) is 2.99. The van der Waals surface area contributed by atoms with Crippen molar-refractivity contribution in [3.8, 4) is 5.75 Å². The molecule has 0 amide bonds. The van der Waals surface area contributed by atoms with E-state index in [0.717, 1.165) is 0 Å². The molecule has 0 saturated carbocycles. The summed E-state index contributed by atoms with van der Waals surface area (Å²) in [6.45, 7) is 0. The Bertz CT molecular complexity index is 782. The normalized spacial score (nSPS) is 30.5. The van der Waals surface area contributed by atoms with Gasteiger partial charge in [-0.15, -0.1) is 0 Å². The summed E-state index contributed by atoms with van der Waals surface area (Å²) in [7, 11) is 0. The van der Waals surface area contributed by atoms with Gasteiger partial charge in [-0.2, -0.15) is 0 Å². The molecule has 5 N–H and O–H groups in total. The van der Waals surface area contributed by atoms with Gasteiger partial charge in [0.1, 0.15) is 24.1 Å². The Morgan fingerprint density at radius 2 is 1.96 bits per heavy atom. The molecule has 8 nitrogen and oxygen atoms in total. The fourth-order valence-corrected chi connectivity index (χ4v) is 2.97. The van der Waals surface area contributed by atoms with Gasteiger partial charge >= 0.3 is 5.97 Å². The van der Waals surface area contributed by atoms with Crippen LogP contribution in [0.25, 0.3) is 10.9 Å². The fourth-order valence-electron chi connectivity index (χ4n) is 2.46. The standard InChI is InChI=1S/C14H13BrClNO7/c15-5-1-4-7(2-6(5)16)17-3-8(4)23-14-11(20)9(18)10(19)12(24-14)13(21)22/h1-3,9-12,14,17-20H,(H,21,22)/t9?,10-,11-,12?,14+/m0/s1. The first-order valence-corrected chi connectivity index (χ1v) is 8.02. The van der Waals surface area contributed by atoms with Crippen LogP contribution >= 0.6 is 27.5 Å². The maximum Gasteiger partial charge on any atom is 0.335 e. The Kier molecular flexibility index (Phi) is 4.73. The largest absolute Gasteiger partial charge is 0.479 e. The molecule has 0 aliphatic carbocycles.